The Morgan fingerprint density at radius 3 is 2.64 bits per heavy atom. The maximum absolute atomic E-state index is 11.9. The molecule has 0 aliphatic rings. The number of aryl methyl sites for hydroxylation is 1. The highest BCUT2D eigenvalue weighted by Gasteiger charge is 2.16. The van der Waals surface area contributed by atoms with Gasteiger partial charge in [0.05, 0.1) is 5.69 Å². The second-order valence-corrected chi connectivity index (χ2v) is 2.77. The third-order valence-corrected chi connectivity index (χ3v) is 1.65. The number of hydrogen-bond acceptors (Lipinski definition) is 4. The lowest BCUT2D eigenvalue weighted by Gasteiger charge is -2.11. The van der Waals surface area contributed by atoms with Gasteiger partial charge in [-0.15, -0.1) is 0 Å². The summed E-state index contributed by atoms with van der Waals surface area (Å²) >= 11 is 0. The molecule has 1 rings (SSSR count). The summed E-state index contributed by atoms with van der Waals surface area (Å²) < 4.78 is 23.8. The first-order chi connectivity index (χ1) is 6.61. The van der Waals surface area contributed by atoms with Gasteiger partial charge in [0, 0.05) is 18.9 Å². The zero-order valence-corrected chi connectivity index (χ0v) is 7.61. The van der Waals surface area contributed by atoms with E-state index in [1.165, 1.54) is 12.4 Å². The van der Waals surface area contributed by atoms with Crippen LogP contribution in [-0.2, 0) is 0 Å². The van der Waals surface area contributed by atoms with E-state index in [9.17, 15) is 8.78 Å². The van der Waals surface area contributed by atoms with Crippen LogP contribution < -0.4 is 5.32 Å². The molecule has 0 aliphatic carbocycles. The normalized spacial score (nSPS) is 12.9. The van der Waals surface area contributed by atoms with Crippen LogP contribution in [0.25, 0.3) is 0 Å². The Morgan fingerprint density at radius 2 is 2.07 bits per heavy atom. The Morgan fingerprint density at radius 1 is 1.43 bits per heavy atom. The van der Waals surface area contributed by atoms with Gasteiger partial charge < -0.3 is 10.4 Å². The summed E-state index contributed by atoms with van der Waals surface area (Å²) in [6, 6.07) is 0. The number of anilines is 1. The van der Waals surface area contributed by atoms with E-state index in [0.717, 1.165) is 0 Å². The van der Waals surface area contributed by atoms with Crippen molar-refractivity contribution in [1.29, 1.82) is 0 Å². The number of alkyl halides is 2. The molecule has 1 unspecified atom stereocenters. The SMILES string of the molecule is Cc1nccnc1NCC(O)C(F)F. The molecule has 4 nitrogen and oxygen atoms in total. The second kappa shape index (κ2) is 4.80. The first-order valence-electron chi connectivity index (χ1n) is 4.09. The maximum atomic E-state index is 11.9. The van der Waals surface area contributed by atoms with Gasteiger partial charge in [0.15, 0.2) is 0 Å². The predicted molar refractivity (Wildman–Crippen MR) is 47.3 cm³/mol. The summed E-state index contributed by atoms with van der Waals surface area (Å²) in [5.74, 6) is 0.409. The van der Waals surface area contributed by atoms with Crippen LogP contribution in [0.3, 0.4) is 0 Å². The quantitative estimate of drug-likeness (QED) is 0.760. The van der Waals surface area contributed by atoms with Crippen LogP contribution in [0.1, 0.15) is 5.69 Å². The van der Waals surface area contributed by atoms with E-state index in [0.29, 0.717) is 11.5 Å². The van der Waals surface area contributed by atoms with Crippen molar-refractivity contribution in [2.24, 2.45) is 0 Å². The van der Waals surface area contributed by atoms with E-state index in [1.54, 1.807) is 6.92 Å². The van der Waals surface area contributed by atoms with Gasteiger partial charge in [0.2, 0.25) is 0 Å². The number of hydrogen-bond donors (Lipinski definition) is 2. The molecule has 0 aliphatic heterocycles. The van der Waals surface area contributed by atoms with Crippen molar-refractivity contribution < 1.29 is 13.9 Å². The number of aliphatic hydroxyl groups excluding tert-OH is 1. The van der Waals surface area contributed by atoms with Gasteiger partial charge in [-0.1, -0.05) is 0 Å². The smallest absolute Gasteiger partial charge is 0.265 e. The Hall–Kier alpha value is -1.30. The van der Waals surface area contributed by atoms with Crippen molar-refractivity contribution in [2.45, 2.75) is 19.5 Å². The molecule has 0 amide bonds. The standard InChI is InChI=1S/C8H11F2N3O/c1-5-8(12-3-2-11-5)13-4-6(14)7(9)10/h2-3,6-7,14H,4H2,1H3,(H,12,13). The Bertz CT molecular complexity index is 296. The lowest BCUT2D eigenvalue weighted by Crippen LogP contribution is -2.27. The van der Waals surface area contributed by atoms with Gasteiger partial charge in [0.1, 0.15) is 11.9 Å². The number of nitrogens with one attached hydrogen (secondary N) is 1. The van der Waals surface area contributed by atoms with Crippen molar-refractivity contribution in [1.82, 2.24) is 9.97 Å². The first-order valence-corrected chi connectivity index (χ1v) is 4.09. The molecule has 14 heavy (non-hydrogen) atoms. The Labute approximate surface area is 80.0 Å². The highest BCUT2D eigenvalue weighted by atomic mass is 19.3. The largest absolute Gasteiger partial charge is 0.385 e. The molecule has 2 N–H and O–H groups in total. The van der Waals surface area contributed by atoms with Crippen molar-refractivity contribution in [3.63, 3.8) is 0 Å². The molecule has 6 heteroatoms. The van der Waals surface area contributed by atoms with Gasteiger partial charge in [-0.3, -0.25) is 4.98 Å². The monoisotopic (exact) mass is 203 g/mol. The zero-order valence-electron chi connectivity index (χ0n) is 7.61. The minimum Gasteiger partial charge on any atom is -0.385 e. The molecule has 1 atom stereocenters. The molecule has 1 heterocycles. The van der Waals surface area contributed by atoms with Crippen molar-refractivity contribution in [3.05, 3.63) is 18.1 Å². The molecular weight excluding hydrogens is 192 g/mol. The van der Waals surface area contributed by atoms with E-state index >= 15 is 0 Å². The second-order valence-electron chi connectivity index (χ2n) is 2.77. The van der Waals surface area contributed by atoms with Crippen LogP contribution >= 0.6 is 0 Å². The Kier molecular flexibility index (Phi) is 3.70. The molecule has 0 bridgehead atoms. The number of aliphatic hydroxyl groups is 1. The van der Waals surface area contributed by atoms with Crippen LogP contribution in [0.5, 0.6) is 0 Å². The molecule has 1 aromatic rings. The van der Waals surface area contributed by atoms with Gasteiger partial charge in [0.25, 0.3) is 6.43 Å². The van der Waals surface area contributed by atoms with E-state index in [-0.39, 0.29) is 6.54 Å². The number of rotatable bonds is 4. The minimum atomic E-state index is -2.75. The third-order valence-electron chi connectivity index (χ3n) is 1.65. The summed E-state index contributed by atoms with van der Waals surface area (Å²) in [5, 5.41) is 11.4. The lowest BCUT2D eigenvalue weighted by atomic mass is 10.3. The van der Waals surface area contributed by atoms with Crippen molar-refractivity contribution in [2.75, 3.05) is 11.9 Å². The molecule has 1 aromatic heterocycles. The molecular formula is C8H11F2N3O. The van der Waals surface area contributed by atoms with E-state index < -0.39 is 12.5 Å². The van der Waals surface area contributed by atoms with Crippen molar-refractivity contribution >= 4 is 5.82 Å². The first kappa shape index (κ1) is 10.8. The predicted octanol–water partition coefficient (Wildman–Crippen LogP) is 0.823. The topological polar surface area (TPSA) is 58.0 Å². The highest BCUT2D eigenvalue weighted by Crippen LogP contribution is 2.07. The van der Waals surface area contributed by atoms with E-state index in [4.69, 9.17) is 5.11 Å². The average molecular weight is 203 g/mol. The molecule has 78 valence electrons. The summed E-state index contributed by atoms with van der Waals surface area (Å²) in [6.07, 6.45) is -1.48. The summed E-state index contributed by atoms with van der Waals surface area (Å²) in [4.78, 5) is 7.79. The van der Waals surface area contributed by atoms with Gasteiger partial charge in [-0.25, -0.2) is 13.8 Å². The number of nitrogens with zero attached hydrogens (tertiary/aromatic N) is 2. The zero-order chi connectivity index (χ0) is 10.6. The molecule has 0 aromatic carbocycles. The average Bonchev–Trinajstić information content (AvgIpc) is 2.16. The summed E-state index contributed by atoms with van der Waals surface area (Å²) in [6.45, 7) is 1.46. The Balaban J connectivity index is 2.50. The van der Waals surface area contributed by atoms with E-state index in [2.05, 4.69) is 15.3 Å². The molecule has 0 spiro atoms. The van der Waals surface area contributed by atoms with Crippen LogP contribution in [0, 0.1) is 6.92 Å². The van der Waals surface area contributed by atoms with Crippen LogP contribution in [0.2, 0.25) is 0 Å². The highest BCUT2D eigenvalue weighted by molar-refractivity contribution is 5.38. The number of aromatic nitrogens is 2. The molecule has 0 radical (unpaired) electrons. The molecule has 0 saturated heterocycles. The lowest BCUT2D eigenvalue weighted by molar-refractivity contribution is 0.00379. The molecule has 0 saturated carbocycles. The number of halogens is 2. The van der Waals surface area contributed by atoms with Crippen LogP contribution in [0.4, 0.5) is 14.6 Å². The minimum absolute atomic E-state index is 0.239. The maximum Gasteiger partial charge on any atom is 0.265 e. The van der Waals surface area contributed by atoms with E-state index in [1.807, 2.05) is 0 Å². The van der Waals surface area contributed by atoms with Crippen molar-refractivity contribution in [3.8, 4) is 0 Å². The fraction of sp³-hybridized carbons (Fsp3) is 0.500. The van der Waals surface area contributed by atoms with Gasteiger partial charge in [-0.05, 0) is 6.92 Å². The van der Waals surface area contributed by atoms with Crippen LogP contribution in [0.15, 0.2) is 12.4 Å². The third kappa shape index (κ3) is 2.88. The summed E-state index contributed by atoms with van der Waals surface area (Å²) in [5.41, 5.74) is 0.606. The van der Waals surface area contributed by atoms with Gasteiger partial charge >= 0.3 is 0 Å². The van der Waals surface area contributed by atoms with Gasteiger partial charge in [-0.2, -0.15) is 0 Å². The fourth-order valence-electron chi connectivity index (χ4n) is 0.871. The fourth-order valence-corrected chi connectivity index (χ4v) is 0.871. The van der Waals surface area contributed by atoms with Crippen LogP contribution in [-0.4, -0.2) is 34.1 Å². The summed E-state index contributed by atoms with van der Waals surface area (Å²) in [7, 11) is 0. The molecule has 0 fully saturated rings.